The van der Waals surface area contributed by atoms with E-state index in [4.69, 9.17) is 9.79 Å². The molecular formula is C16H18NO6P. The van der Waals surface area contributed by atoms with E-state index in [-0.39, 0.29) is 35.3 Å². The van der Waals surface area contributed by atoms with Gasteiger partial charge < -0.3 is 20.0 Å². The molecule has 0 fully saturated rings. The van der Waals surface area contributed by atoms with Crippen LogP contribution in [0.25, 0.3) is 0 Å². The van der Waals surface area contributed by atoms with Crippen LogP contribution in [0.1, 0.15) is 24.8 Å². The number of carbonyl (C=O) groups is 1. The van der Waals surface area contributed by atoms with Crippen molar-refractivity contribution in [1.82, 2.24) is 0 Å². The molecule has 7 nitrogen and oxygen atoms in total. The number of phenolic OH excluding ortho intramolecular Hbond substituents is 1. The summed E-state index contributed by atoms with van der Waals surface area (Å²) in [5, 5.41) is 19.0. The van der Waals surface area contributed by atoms with Crippen LogP contribution in [0.3, 0.4) is 0 Å². The van der Waals surface area contributed by atoms with E-state index in [2.05, 4.69) is 4.76 Å². The quantitative estimate of drug-likeness (QED) is 0.604. The first-order valence-corrected chi connectivity index (χ1v) is 8.78. The molecule has 2 rings (SSSR count). The summed E-state index contributed by atoms with van der Waals surface area (Å²) < 4.78 is 14.3. The highest BCUT2D eigenvalue weighted by molar-refractivity contribution is 7.50. The minimum Gasteiger partial charge on any atom is -0.508 e. The third kappa shape index (κ3) is 4.89. The van der Waals surface area contributed by atoms with Gasteiger partial charge in [0.1, 0.15) is 17.3 Å². The van der Waals surface area contributed by atoms with Crippen molar-refractivity contribution in [3.63, 3.8) is 0 Å². The van der Waals surface area contributed by atoms with Gasteiger partial charge in [-0.3, -0.25) is 4.79 Å². The first-order valence-electron chi connectivity index (χ1n) is 7.22. The summed E-state index contributed by atoms with van der Waals surface area (Å²) in [4.78, 5) is 30.5. The Morgan fingerprint density at radius 1 is 1.33 bits per heavy atom. The van der Waals surface area contributed by atoms with Crippen LogP contribution in [0.15, 0.2) is 53.0 Å². The Hall–Kier alpha value is -2.21. The van der Waals surface area contributed by atoms with Crippen LogP contribution in [0.2, 0.25) is 0 Å². The predicted octanol–water partition coefficient (Wildman–Crippen LogP) is 2.62. The zero-order valence-electron chi connectivity index (χ0n) is 12.9. The number of Topliss-reactive ketones (excluding diaryl/α,β-unsaturated/α-hetero) is 1. The van der Waals surface area contributed by atoms with E-state index in [0.29, 0.717) is 0 Å². The number of hydrogen-bond donors (Lipinski definition) is 4. The fourth-order valence-electron chi connectivity index (χ4n) is 2.47. The number of nitrogens with zero attached hydrogens (tertiary/aromatic N) is 1. The molecule has 128 valence electrons. The molecule has 0 saturated carbocycles. The van der Waals surface area contributed by atoms with Crippen LogP contribution >= 0.6 is 7.75 Å². The number of aromatic hydroxyl groups is 1. The predicted molar refractivity (Wildman–Crippen MR) is 89.0 cm³/mol. The van der Waals surface area contributed by atoms with E-state index in [1.54, 1.807) is 18.2 Å². The second-order valence-corrected chi connectivity index (χ2v) is 6.84. The van der Waals surface area contributed by atoms with E-state index < -0.39 is 13.7 Å². The number of aliphatic hydroxyl groups excluding tert-OH is 1. The third-order valence-corrected chi connectivity index (χ3v) is 4.10. The number of phenols is 1. The molecule has 1 aliphatic rings. The summed E-state index contributed by atoms with van der Waals surface area (Å²) in [5.74, 6) is -1.56. The van der Waals surface area contributed by atoms with Gasteiger partial charge >= 0.3 is 7.75 Å². The normalized spacial score (nSPS) is 20.7. The number of rotatable bonds is 5. The summed E-state index contributed by atoms with van der Waals surface area (Å²) in [6, 6.07) is 6.55. The van der Waals surface area contributed by atoms with E-state index in [9.17, 15) is 19.6 Å². The van der Waals surface area contributed by atoms with Crippen LogP contribution in [0.4, 0.5) is 0 Å². The maximum atomic E-state index is 12.5. The van der Waals surface area contributed by atoms with Crippen LogP contribution in [0.5, 0.6) is 5.75 Å². The third-order valence-electron chi connectivity index (χ3n) is 3.61. The molecule has 0 bridgehead atoms. The van der Waals surface area contributed by atoms with Crippen LogP contribution < -0.4 is 0 Å². The van der Waals surface area contributed by atoms with E-state index in [1.165, 1.54) is 18.2 Å². The van der Waals surface area contributed by atoms with Crippen LogP contribution in [0, 0.1) is 5.92 Å². The van der Waals surface area contributed by atoms with Crippen molar-refractivity contribution in [2.24, 2.45) is 10.7 Å². The Morgan fingerprint density at radius 2 is 2.04 bits per heavy atom. The van der Waals surface area contributed by atoms with Crippen molar-refractivity contribution < 1.29 is 29.4 Å². The van der Waals surface area contributed by atoms with Crippen molar-refractivity contribution >= 4 is 19.2 Å². The van der Waals surface area contributed by atoms with Crippen LogP contribution in [-0.2, 0) is 9.36 Å². The highest BCUT2D eigenvalue weighted by Crippen LogP contribution is 2.38. The average molecular weight is 351 g/mol. The topological polar surface area (TPSA) is 127 Å². The van der Waals surface area contributed by atoms with Gasteiger partial charge in [0.25, 0.3) is 0 Å². The van der Waals surface area contributed by atoms with Crippen molar-refractivity contribution in [1.29, 1.82) is 0 Å². The first kappa shape index (κ1) is 18.1. The number of benzene rings is 1. The van der Waals surface area contributed by atoms with Gasteiger partial charge in [-0.25, -0.2) is 4.57 Å². The van der Waals surface area contributed by atoms with Gasteiger partial charge in [0.15, 0.2) is 0 Å². The fraction of sp³-hybridized carbons (Fsp3) is 0.250. The van der Waals surface area contributed by atoms with Gasteiger partial charge in [0.05, 0.1) is 11.6 Å². The number of carbonyl (C=O) groups excluding carboxylic acids is 1. The molecular weight excluding hydrogens is 333 g/mol. The van der Waals surface area contributed by atoms with E-state index in [0.717, 1.165) is 11.6 Å². The second-order valence-electron chi connectivity index (χ2n) is 5.61. The Balaban J connectivity index is 2.20. The Labute approximate surface area is 138 Å². The van der Waals surface area contributed by atoms with Gasteiger partial charge in [-0.1, -0.05) is 25.1 Å². The highest BCUT2D eigenvalue weighted by Gasteiger charge is 2.27. The monoisotopic (exact) mass is 351 g/mol. The molecule has 0 amide bonds. The zero-order valence-corrected chi connectivity index (χ0v) is 13.8. The minimum atomic E-state index is -4.72. The highest BCUT2D eigenvalue weighted by atomic mass is 31.2. The smallest absolute Gasteiger partial charge is 0.448 e. The molecule has 0 heterocycles. The summed E-state index contributed by atoms with van der Waals surface area (Å²) in [6.45, 7) is 1.81. The lowest BCUT2D eigenvalue weighted by molar-refractivity contribution is -0.120. The van der Waals surface area contributed by atoms with Crippen molar-refractivity contribution in [2.45, 2.75) is 19.3 Å². The van der Waals surface area contributed by atoms with Crippen molar-refractivity contribution in [2.75, 3.05) is 0 Å². The summed E-state index contributed by atoms with van der Waals surface area (Å²) in [6.07, 6.45) is 3.82. The maximum absolute atomic E-state index is 12.5. The molecule has 0 aromatic heterocycles. The number of ketones is 1. The number of hydrogen-bond acceptors (Lipinski definition) is 4. The molecule has 2 atom stereocenters. The summed E-state index contributed by atoms with van der Waals surface area (Å²) in [5.41, 5.74) is 0.603. The molecule has 2 unspecified atom stereocenters. The second kappa shape index (κ2) is 7.13. The van der Waals surface area contributed by atoms with Gasteiger partial charge in [0.2, 0.25) is 0 Å². The number of aliphatic hydroxyl groups is 1. The summed E-state index contributed by atoms with van der Waals surface area (Å²) in [7, 11) is -4.72. The van der Waals surface area contributed by atoms with Gasteiger partial charge in [-0.05, 0) is 29.7 Å². The molecule has 0 aliphatic heterocycles. The molecule has 4 N–H and O–H groups in total. The lowest BCUT2D eigenvalue weighted by Gasteiger charge is -2.19. The molecule has 0 saturated heterocycles. The molecule has 1 aliphatic carbocycles. The first-order chi connectivity index (χ1) is 11.2. The zero-order chi connectivity index (χ0) is 17.9. The lowest BCUT2D eigenvalue weighted by Crippen LogP contribution is -2.24. The largest absolute Gasteiger partial charge is 0.508 e. The van der Waals surface area contributed by atoms with Gasteiger partial charge in [-0.2, -0.15) is 4.76 Å². The van der Waals surface area contributed by atoms with Gasteiger partial charge in [0, 0.05) is 12.5 Å². The Morgan fingerprint density at radius 3 is 2.67 bits per heavy atom. The summed E-state index contributed by atoms with van der Waals surface area (Å²) >= 11 is 0. The van der Waals surface area contributed by atoms with E-state index in [1.807, 2.05) is 6.92 Å². The van der Waals surface area contributed by atoms with Gasteiger partial charge in [-0.15, -0.1) is 0 Å². The molecule has 1 aromatic rings. The molecule has 0 spiro atoms. The Bertz CT molecular complexity index is 777. The molecule has 0 radical (unpaired) electrons. The van der Waals surface area contributed by atoms with E-state index >= 15 is 0 Å². The minimum absolute atomic E-state index is 0.0905. The maximum Gasteiger partial charge on any atom is 0.448 e. The SMILES string of the molecule is CC(CC(=O)C1C=CC(O)=CC1=NP(=O)(O)O)c1cccc(O)c1. The molecule has 24 heavy (non-hydrogen) atoms. The molecule has 8 heteroatoms. The standard InChI is InChI=1S/C16H18NO6P/c1-10(11-3-2-4-12(18)8-11)7-16(20)14-6-5-13(19)9-15(14)17-24(21,22)23/h2-6,8-10,14,18-19H,7H2,1H3,(H2,21,22,23). The van der Waals surface area contributed by atoms with Crippen molar-refractivity contribution in [3.8, 4) is 5.75 Å². The molecule has 1 aromatic carbocycles. The van der Waals surface area contributed by atoms with Crippen molar-refractivity contribution in [3.05, 3.63) is 53.8 Å². The van der Waals surface area contributed by atoms with Crippen LogP contribution in [-0.4, -0.2) is 31.5 Å². The number of allylic oxidation sites excluding steroid dienone is 3. The fourth-order valence-corrected chi connectivity index (χ4v) is 2.96. The Kier molecular flexibility index (Phi) is 5.39. The lowest BCUT2D eigenvalue weighted by atomic mass is 9.86. The average Bonchev–Trinajstić information content (AvgIpc) is 2.45.